The molecule has 22 heavy (non-hydrogen) atoms. The first kappa shape index (κ1) is 16.6. The summed E-state index contributed by atoms with van der Waals surface area (Å²) < 4.78 is 12.8. The Labute approximate surface area is 131 Å². The van der Waals surface area contributed by atoms with E-state index in [9.17, 15) is 9.18 Å². The minimum Gasteiger partial charge on any atom is -0.343 e. The zero-order chi connectivity index (χ0) is 15.9. The average Bonchev–Trinajstić information content (AvgIpc) is 2.55. The number of amides is 1. The van der Waals surface area contributed by atoms with Crippen LogP contribution in [0, 0.1) is 11.7 Å². The molecule has 0 radical (unpaired) electrons. The monoisotopic (exact) mass is 308 g/mol. The van der Waals surface area contributed by atoms with Gasteiger partial charge in [-0.25, -0.2) is 14.4 Å². The largest absolute Gasteiger partial charge is 0.343 e. The van der Waals surface area contributed by atoms with Gasteiger partial charge in [-0.2, -0.15) is 0 Å². The van der Waals surface area contributed by atoms with E-state index < -0.39 is 5.82 Å². The third-order valence-electron chi connectivity index (χ3n) is 4.39. The molecule has 0 saturated carbocycles. The highest BCUT2D eigenvalue weighted by Gasteiger charge is 2.22. The summed E-state index contributed by atoms with van der Waals surface area (Å²) in [4.78, 5) is 24.1. The molecule has 1 aliphatic rings. The maximum Gasteiger partial charge on any atom is 0.225 e. The fraction of sp³-hybridized carbons (Fsp3) is 0.688. The van der Waals surface area contributed by atoms with Crippen molar-refractivity contribution in [2.24, 2.45) is 5.92 Å². The zero-order valence-corrected chi connectivity index (χ0v) is 13.5. The van der Waals surface area contributed by atoms with Crippen molar-refractivity contribution < 1.29 is 9.18 Å². The number of anilines is 1. The molecule has 122 valence electrons. The van der Waals surface area contributed by atoms with E-state index >= 15 is 0 Å². The van der Waals surface area contributed by atoms with Crippen LogP contribution in [0.3, 0.4) is 0 Å². The van der Waals surface area contributed by atoms with Crippen LogP contribution >= 0.6 is 0 Å². The van der Waals surface area contributed by atoms with Gasteiger partial charge in [0.2, 0.25) is 11.9 Å². The number of rotatable bonds is 6. The van der Waals surface area contributed by atoms with Crippen LogP contribution < -0.4 is 4.90 Å². The molecular weight excluding hydrogens is 283 g/mol. The van der Waals surface area contributed by atoms with Crippen LogP contribution in [0.1, 0.15) is 39.5 Å². The Morgan fingerprint density at radius 3 is 2.41 bits per heavy atom. The minimum atomic E-state index is -0.409. The van der Waals surface area contributed by atoms with Crippen LogP contribution in [0.15, 0.2) is 12.4 Å². The average molecular weight is 308 g/mol. The molecular formula is C16H25FN4O. The van der Waals surface area contributed by atoms with Gasteiger partial charge in [-0.15, -0.1) is 0 Å². The predicted octanol–water partition coefficient (Wildman–Crippen LogP) is 2.48. The van der Waals surface area contributed by atoms with Gasteiger partial charge >= 0.3 is 0 Å². The molecule has 0 spiro atoms. The maximum atomic E-state index is 12.8. The van der Waals surface area contributed by atoms with Gasteiger partial charge in [0, 0.05) is 32.6 Å². The van der Waals surface area contributed by atoms with E-state index in [0.717, 1.165) is 45.4 Å². The van der Waals surface area contributed by atoms with Gasteiger partial charge in [0.25, 0.3) is 0 Å². The highest BCUT2D eigenvalue weighted by molar-refractivity contribution is 5.76. The molecule has 1 fully saturated rings. The summed E-state index contributed by atoms with van der Waals surface area (Å²) in [6.45, 7) is 7.35. The van der Waals surface area contributed by atoms with Gasteiger partial charge in [0.15, 0.2) is 5.82 Å². The number of carbonyl (C=O) groups is 1. The molecule has 2 heterocycles. The second-order valence-corrected chi connectivity index (χ2v) is 5.74. The number of halogens is 1. The van der Waals surface area contributed by atoms with Crippen molar-refractivity contribution in [3.8, 4) is 0 Å². The van der Waals surface area contributed by atoms with Gasteiger partial charge in [-0.3, -0.25) is 4.79 Å². The summed E-state index contributed by atoms with van der Waals surface area (Å²) in [5.41, 5.74) is 0. The number of nitrogens with zero attached hydrogens (tertiary/aromatic N) is 4. The van der Waals surface area contributed by atoms with Crippen LogP contribution in [0.5, 0.6) is 0 Å². The Balaban J connectivity index is 1.75. The van der Waals surface area contributed by atoms with Crippen molar-refractivity contribution in [3.05, 3.63) is 18.2 Å². The van der Waals surface area contributed by atoms with Crippen molar-refractivity contribution >= 4 is 11.9 Å². The second-order valence-electron chi connectivity index (χ2n) is 5.74. The summed E-state index contributed by atoms with van der Waals surface area (Å²) in [7, 11) is 0. The molecule has 5 nitrogen and oxygen atoms in total. The van der Waals surface area contributed by atoms with Gasteiger partial charge in [-0.05, 0) is 39.0 Å². The lowest BCUT2D eigenvalue weighted by molar-refractivity contribution is -0.131. The van der Waals surface area contributed by atoms with E-state index in [1.807, 2.05) is 18.7 Å². The first-order valence-corrected chi connectivity index (χ1v) is 8.14. The van der Waals surface area contributed by atoms with E-state index in [4.69, 9.17) is 0 Å². The summed E-state index contributed by atoms with van der Waals surface area (Å²) in [6, 6.07) is 0. The van der Waals surface area contributed by atoms with Crippen LogP contribution in [-0.4, -0.2) is 47.0 Å². The Morgan fingerprint density at radius 2 is 1.86 bits per heavy atom. The molecule has 1 aliphatic heterocycles. The van der Waals surface area contributed by atoms with Gasteiger partial charge in [0.05, 0.1) is 12.4 Å². The molecule has 0 bridgehead atoms. The highest BCUT2D eigenvalue weighted by Crippen LogP contribution is 2.24. The summed E-state index contributed by atoms with van der Waals surface area (Å²) in [6.07, 6.45) is 6.07. The Hall–Kier alpha value is -1.72. The van der Waals surface area contributed by atoms with Gasteiger partial charge in [-0.1, -0.05) is 0 Å². The van der Waals surface area contributed by atoms with E-state index in [1.54, 1.807) is 0 Å². The third-order valence-corrected chi connectivity index (χ3v) is 4.39. The minimum absolute atomic E-state index is 0.259. The lowest BCUT2D eigenvalue weighted by atomic mass is 9.92. The van der Waals surface area contributed by atoms with Crippen molar-refractivity contribution in [2.45, 2.75) is 39.5 Å². The van der Waals surface area contributed by atoms with E-state index in [0.29, 0.717) is 18.3 Å². The molecule has 0 N–H and O–H groups in total. The van der Waals surface area contributed by atoms with Crippen molar-refractivity contribution in [1.29, 1.82) is 0 Å². The SMILES string of the molecule is CCN(CC)C(=O)CCC1CCN(c2ncc(F)cn2)CC1. The number of hydrogen-bond donors (Lipinski definition) is 0. The fourth-order valence-electron chi connectivity index (χ4n) is 2.95. The maximum absolute atomic E-state index is 12.8. The van der Waals surface area contributed by atoms with Crippen LogP contribution in [-0.2, 0) is 4.79 Å². The summed E-state index contributed by atoms with van der Waals surface area (Å²) in [5, 5.41) is 0. The highest BCUT2D eigenvalue weighted by atomic mass is 19.1. The molecule has 0 aromatic carbocycles. The summed E-state index contributed by atoms with van der Waals surface area (Å²) in [5.74, 6) is 1.03. The standard InChI is InChI=1S/C16H25FN4O/c1-3-20(4-2)15(22)6-5-13-7-9-21(10-8-13)16-18-11-14(17)12-19-16/h11-13H,3-10H2,1-2H3. The molecule has 1 aromatic heterocycles. The molecule has 0 aliphatic carbocycles. The molecule has 1 amide bonds. The van der Waals surface area contributed by atoms with Crippen LogP contribution in [0.4, 0.5) is 10.3 Å². The van der Waals surface area contributed by atoms with E-state index in [2.05, 4.69) is 14.9 Å². The van der Waals surface area contributed by atoms with Crippen LogP contribution in [0.2, 0.25) is 0 Å². The van der Waals surface area contributed by atoms with E-state index in [1.165, 1.54) is 12.4 Å². The number of piperidine rings is 1. The molecule has 2 rings (SSSR count). The Kier molecular flexibility index (Phi) is 6.10. The lowest BCUT2D eigenvalue weighted by Gasteiger charge is -2.32. The van der Waals surface area contributed by atoms with Gasteiger partial charge in [0.1, 0.15) is 0 Å². The lowest BCUT2D eigenvalue weighted by Crippen LogP contribution is -2.36. The normalized spacial score (nSPS) is 15.9. The van der Waals surface area contributed by atoms with Gasteiger partial charge < -0.3 is 9.80 Å². The van der Waals surface area contributed by atoms with E-state index in [-0.39, 0.29) is 5.91 Å². The van der Waals surface area contributed by atoms with Crippen LogP contribution in [0.25, 0.3) is 0 Å². The molecule has 1 saturated heterocycles. The molecule has 0 atom stereocenters. The molecule has 6 heteroatoms. The smallest absolute Gasteiger partial charge is 0.225 e. The Bertz CT molecular complexity index is 468. The second kappa shape index (κ2) is 8.06. The molecule has 1 aromatic rings. The topological polar surface area (TPSA) is 49.3 Å². The number of hydrogen-bond acceptors (Lipinski definition) is 4. The molecule has 0 unspecified atom stereocenters. The van der Waals surface area contributed by atoms with Crippen molar-refractivity contribution in [2.75, 3.05) is 31.1 Å². The Morgan fingerprint density at radius 1 is 1.27 bits per heavy atom. The quantitative estimate of drug-likeness (QED) is 0.810. The number of aromatic nitrogens is 2. The third kappa shape index (κ3) is 4.39. The zero-order valence-electron chi connectivity index (χ0n) is 13.5. The predicted molar refractivity (Wildman–Crippen MR) is 84.1 cm³/mol. The van der Waals surface area contributed by atoms with Crippen molar-refractivity contribution in [3.63, 3.8) is 0 Å². The number of carbonyl (C=O) groups excluding carboxylic acids is 1. The first-order chi connectivity index (χ1) is 10.6. The fourth-order valence-corrected chi connectivity index (χ4v) is 2.95. The van der Waals surface area contributed by atoms with Crippen molar-refractivity contribution in [1.82, 2.24) is 14.9 Å². The first-order valence-electron chi connectivity index (χ1n) is 8.14. The summed E-state index contributed by atoms with van der Waals surface area (Å²) >= 11 is 0.